The molecule has 1 N–H and O–H groups in total. The van der Waals surface area contributed by atoms with Gasteiger partial charge in [-0.3, -0.25) is 4.90 Å². The minimum absolute atomic E-state index is 0.209. The standard InChI is InChI=1S/C10H18N4OS/c1-13(2)10-11-9(12-16-10)7-14(5-6-15)8-3-4-8/h8,15H,3-7H2,1-2H3. The minimum atomic E-state index is 0.209. The van der Waals surface area contributed by atoms with Crippen LogP contribution in [0.25, 0.3) is 0 Å². The zero-order valence-corrected chi connectivity index (χ0v) is 10.6. The number of aliphatic hydroxyl groups is 1. The van der Waals surface area contributed by atoms with Gasteiger partial charge in [-0.25, -0.2) is 4.98 Å². The molecule has 2 rings (SSSR count). The molecule has 0 atom stereocenters. The molecule has 1 saturated carbocycles. The normalized spacial score (nSPS) is 15.8. The zero-order chi connectivity index (χ0) is 11.5. The first-order chi connectivity index (χ1) is 7.70. The SMILES string of the molecule is CN(C)c1nc(CN(CCO)C2CC2)ns1. The summed E-state index contributed by atoms with van der Waals surface area (Å²) >= 11 is 1.43. The molecule has 0 aliphatic heterocycles. The van der Waals surface area contributed by atoms with Gasteiger partial charge < -0.3 is 10.0 Å². The Hall–Kier alpha value is -0.720. The molecule has 0 saturated heterocycles. The Morgan fingerprint density at radius 3 is 2.69 bits per heavy atom. The summed E-state index contributed by atoms with van der Waals surface area (Å²) in [5, 5.41) is 9.94. The van der Waals surface area contributed by atoms with Crippen LogP contribution in [0.3, 0.4) is 0 Å². The molecule has 1 aromatic heterocycles. The molecule has 0 radical (unpaired) electrons. The quantitative estimate of drug-likeness (QED) is 0.790. The van der Waals surface area contributed by atoms with Crippen molar-refractivity contribution in [3.63, 3.8) is 0 Å². The van der Waals surface area contributed by atoms with Crippen LogP contribution in [-0.4, -0.2) is 52.7 Å². The third-order valence-electron chi connectivity index (χ3n) is 2.63. The number of aliphatic hydroxyl groups excluding tert-OH is 1. The topological polar surface area (TPSA) is 52.5 Å². The number of hydrogen-bond donors (Lipinski definition) is 1. The van der Waals surface area contributed by atoms with E-state index >= 15 is 0 Å². The van der Waals surface area contributed by atoms with Crippen LogP contribution in [0.2, 0.25) is 0 Å². The second-order valence-electron chi connectivity index (χ2n) is 4.31. The Bertz CT molecular complexity index is 337. The molecular weight excluding hydrogens is 224 g/mol. The van der Waals surface area contributed by atoms with E-state index in [2.05, 4.69) is 14.3 Å². The fourth-order valence-electron chi connectivity index (χ4n) is 1.63. The van der Waals surface area contributed by atoms with Gasteiger partial charge in [-0.15, -0.1) is 0 Å². The number of aromatic nitrogens is 2. The molecule has 1 aromatic rings. The molecule has 16 heavy (non-hydrogen) atoms. The van der Waals surface area contributed by atoms with Gasteiger partial charge in [-0.05, 0) is 12.8 Å². The largest absolute Gasteiger partial charge is 0.395 e. The molecule has 0 unspecified atom stereocenters. The number of anilines is 1. The summed E-state index contributed by atoms with van der Waals surface area (Å²) in [5.41, 5.74) is 0. The molecule has 90 valence electrons. The van der Waals surface area contributed by atoms with Crippen LogP contribution in [0.5, 0.6) is 0 Å². The van der Waals surface area contributed by atoms with Crippen LogP contribution in [0.4, 0.5) is 5.13 Å². The van der Waals surface area contributed by atoms with Gasteiger partial charge >= 0.3 is 0 Å². The second kappa shape index (κ2) is 5.07. The van der Waals surface area contributed by atoms with Crippen molar-refractivity contribution < 1.29 is 5.11 Å². The average Bonchev–Trinajstić information content (AvgIpc) is 2.98. The lowest BCUT2D eigenvalue weighted by Crippen LogP contribution is -2.29. The van der Waals surface area contributed by atoms with Crippen molar-refractivity contribution >= 4 is 16.7 Å². The Morgan fingerprint density at radius 1 is 1.44 bits per heavy atom. The van der Waals surface area contributed by atoms with Crippen molar-refractivity contribution in [2.45, 2.75) is 25.4 Å². The Labute approximate surface area is 99.9 Å². The van der Waals surface area contributed by atoms with Gasteiger partial charge in [0.1, 0.15) is 0 Å². The number of nitrogens with zero attached hydrogens (tertiary/aromatic N) is 4. The maximum absolute atomic E-state index is 9.00. The van der Waals surface area contributed by atoms with E-state index in [1.54, 1.807) is 0 Å². The maximum atomic E-state index is 9.00. The van der Waals surface area contributed by atoms with Gasteiger partial charge in [-0.2, -0.15) is 4.37 Å². The smallest absolute Gasteiger partial charge is 0.204 e. The lowest BCUT2D eigenvalue weighted by Gasteiger charge is -2.18. The minimum Gasteiger partial charge on any atom is -0.395 e. The Balaban J connectivity index is 1.95. The highest BCUT2D eigenvalue weighted by molar-refractivity contribution is 7.09. The van der Waals surface area contributed by atoms with Crippen molar-refractivity contribution in [1.82, 2.24) is 14.3 Å². The van der Waals surface area contributed by atoms with E-state index in [-0.39, 0.29) is 6.61 Å². The lowest BCUT2D eigenvalue weighted by molar-refractivity contribution is 0.181. The molecule has 0 bridgehead atoms. The number of hydrogen-bond acceptors (Lipinski definition) is 6. The summed E-state index contributed by atoms with van der Waals surface area (Å²) in [6, 6.07) is 0.637. The molecule has 1 heterocycles. The molecular formula is C10H18N4OS. The summed E-state index contributed by atoms with van der Waals surface area (Å²) in [4.78, 5) is 8.68. The van der Waals surface area contributed by atoms with Gasteiger partial charge in [0.2, 0.25) is 5.13 Å². The van der Waals surface area contributed by atoms with E-state index in [0.29, 0.717) is 6.04 Å². The maximum Gasteiger partial charge on any atom is 0.204 e. The zero-order valence-electron chi connectivity index (χ0n) is 9.76. The molecule has 0 spiro atoms. The Morgan fingerprint density at radius 2 is 2.19 bits per heavy atom. The van der Waals surface area contributed by atoms with Crippen molar-refractivity contribution in [3.05, 3.63) is 5.82 Å². The highest BCUT2D eigenvalue weighted by Gasteiger charge is 2.29. The third-order valence-corrected chi connectivity index (χ3v) is 3.56. The van der Waals surface area contributed by atoms with Crippen LogP contribution < -0.4 is 4.90 Å². The third kappa shape index (κ3) is 2.90. The molecule has 1 aliphatic rings. The van der Waals surface area contributed by atoms with Crippen LogP contribution in [0, 0.1) is 0 Å². The fourth-order valence-corrected chi connectivity index (χ4v) is 2.23. The molecule has 0 amide bonds. The van der Waals surface area contributed by atoms with Gasteiger partial charge in [0, 0.05) is 38.2 Å². The number of rotatable bonds is 6. The van der Waals surface area contributed by atoms with Crippen LogP contribution in [0.1, 0.15) is 18.7 Å². The van der Waals surface area contributed by atoms with E-state index in [0.717, 1.165) is 24.0 Å². The van der Waals surface area contributed by atoms with Gasteiger partial charge in [0.25, 0.3) is 0 Å². The lowest BCUT2D eigenvalue weighted by atomic mass is 10.4. The molecule has 0 aromatic carbocycles. The van der Waals surface area contributed by atoms with Gasteiger partial charge in [0.05, 0.1) is 13.2 Å². The second-order valence-corrected chi connectivity index (χ2v) is 5.04. The highest BCUT2D eigenvalue weighted by Crippen LogP contribution is 2.28. The molecule has 1 fully saturated rings. The first-order valence-corrected chi connectivity index (χ1v) is 6.33. The van der Waals surface area contributed by atoms with E-state index < -0.39 is 0 Å². The van der Waals surface area contributed by atoms with Crippen molar-refractivity contribution in [3.8, 4) is 0 Å². The molecule has 5 nitrogen and oxygen atoms in total. The highest BCUT2D eigenvalue weighted by atomic mass is 32.1. The summed E-state index contributed by atoms with van der Waals surface area (Å²) in [5.74, 6) is 0.869. The van der Waals surface area contributed by atoms with E-state index in [4.69, 9.17) is 5.11 Å². The van der Waals surface area contributed by atoms with E-state index in [1.807, 2.05) is 19.0 Å². The molecule has 1 aliphatic carbocycles. The van der Waals surface area contributed by atoms with Crippen molar-refractivity contribution in [2.24, 2.45) is 0 Å². The predicted octanol–water partition coefficient (Wildman–Crippen LogP) is 0.561. The summed E-state index contributed by atoms with van der Waals surface area (Å²) in [7, 11) is 3.94. The van der Waals surface area contributed by atoms with E-state index in [9.17, 15) is 0 Å². The van der Waals surface area contributed by atoms with Gasteiger partial charge in [0.15, 0.2) is 5.82 Å². The fraction of sp³-hybridized carbons (Fsp3) is 0.800. The van der Waals surface area contributed by atoms with E-state index in [1.165, 1.54) is 24.4 Å². The van der Waals surface area contributed by atoms with Crippen molar-refractivity contribution in [2.75, 3.05) is 32.1 Å². The van der Waals surface area contributed by atoms with Gasteiger partial charge in [-0.1, -0.05) is 0 Å². The predicted molar refractivity (Wildman–Crippen MR) is 64.8 cm³/mol. The average molecular weight is 242 g/mol. The van der Waals surface area contributed by atoms with Crippen LogP contribution >= 0.6 is 11.5 Å². The van der Waals surface area contributed by atoms with Crippen molar-refractivity contribution in [1.29, 1.82) is 0 Å². The molecule has 6 heteroatoms. The monoisotopic (exact) mass is 242 g/mol. The Kier molecular flexibility index (Phi) is 3.73. The first kappa shape index (κ1) is 11.8. The van der Waals surface area contributed by atoms with Crippen LogP contribution in [0.15, 0.2) is 0 Å². The summed E-state index contributed by atoms with van der Waals surface area (Å²) in [6.07, 6.45) is 2.48. The van der Waals surface area contributed by atoms with Crippen LogP contribution in [-0.2, 0) is 6.54 Å². The summed E-state index contributed by atoms with van der Waals surface area (Å²) < 4.78 is 4.34. The summed E-state index contributed by atoms with van der Waals surface area (Å²) in [6.45, 7) is 1.69. The first-order valence-electron chi connectivity index (χ1n) is 5.55.